The Hall–Kier alpha value is -2.28. The van der Waals surface area contributed by atoms with Crippen molar-refractivity contribution in [3.63, 3.8) is 0 Å². The molecule has 0 radical (unpaired) electrons. The Labute approximate surface area is 166 Å². The van der Waals surface area contributed by atoms with Crippen LogP contribution in [0.15, 0.2) is 18.6 Å². The molecule has 7 heteroatoms. The lowest BCUT2D eigenvalue weighted by Crippen LogP contribution is -2.40. The lowest BCUT2D eigenvalue weighted by atomic mass is 9.98. The fourth-order valence-electron chi connectivity index (χ4n) is 4.29. The van der Waals surface area contributed by atoms with Crippen LogP contribution in [0.5, 0.6) is 0 Å². The lowest BCUT2D eigenvalue weighted by Gasteiger charge is -2.31. The molecule has 1 fully saturated rings. The Balaban J connectivity index is 1.41. The molecule has 4 rings (SSSR count). The number of nitrogens with one attached hydrogen (secondary N) is 1. The predicted molar refractivity (Wildman–Crippen MR) is 107 cm³/mol. The minimum atomic E-state index is -0.0745. The van der Waals surface area contributed by atoms with Gasteiger partial charge >= 0.3 is 0 Å². The van der Waals surface area contributed by atoms with Crippen molar-refractivity contribution in [2.24, 2.45) is 5.92 Å². The number of hydrogen-bond acceptors (Lipinski definition) is 5. The van der Waals surface area contributed by atoms with Crippen molar-refractivity contribution in [3.05, 3.63) is 41.5 Å². The Morgan fingerprint density at radius 2 is 2.29 bits per heavy atom. The number of aryl methyl sites for hydroxylation is 1. The Bertz CT molecular complexity index is 826. The van der Waals surface area contributed by atoms with Crippen LogP contribution in [0.3, 0.4) is 0 Å². The first-order chi connectivity index (χ1) is 13.7. The van der Waals surface area contributed by atoms with Crippen LogP contribution >= 0.6 is 0 Å². The van der Waals surface area contributed by atoms with Crippen molar-refractivity contribution in [1.29, 1.82) is 0 Å². The van der Waals surface area contributed by atoms with E-state index >= 15 is 0 Å². The van der Waals surface area contributed by atoms with Gasteiger partial charge in [0.15, 0.2) is 0 Å². The third-order valence-corrected chi connectivity index (χ3v) is 5.94. The minimum absolute atomic E-state index is 0.0745. The fourth-order valence-corrected chi connectivity index (χ4v) is 4.29. The van der Waals surface area contributed by atoms with Gasteiger partial charge in [-0.1, -0.05) is 13.8 Å². The summed E-state index contributed by atoms with van der Waals surface area (Å²) in [5.41, 5.74) is 2.21. The highest BCUT2D eigenvalue weighted by Crippen LogP contribution is 2.24. The van der Waals surface area contributed by atoms with E-state index in [-0.39, 0.29) is 11.8 Å². The molecule has 4 heterocycles. The van der Waals surface area contributed by atoms with Gasteiger partial charge in [0, 0.05) is 69.1 Å². The maximum atomic E-state index is 13.0. The average Bonchev–Trinajstić information content (AvgIpc) is 3.20. The summed E-state index contributed by atoms with van der Waals surface area (Å²) in [5, 5.41) is 3.43. The molecule has 150 valence electrons. The highest BCUT2D eigenvalue weighted by Gasteiger charge is 2.27. The van der Waals surface area contributed by atoms with Gasteiger partial charge in [0.05, 0.1) is 11.6 Å². The quantitative estimate of drug-likeness (QED) is 0.855. The van der Waals surface area contributed by atoms with E-state index in [1.807, 2.05) is 30.4 Å². The van der Waals surface area contributed by atoms with E-state index < -0.39 is 0 Å². The smallest absolute Gasteiger partial charge is 0.227 e. The van der Waals surface area contributed by atoms with E-state index in [1.54, 1.807) is 0 Å². The van der Waals surface area contributed by atoms with Crippen molar-refractivity contribution >= 4 is 5.91 Å². The number of fused-ring (bicyclic) bond motifs is 1. The van der Waals surface area contributed by atoms with Crippen molar-refractivity contribution < 1.29 is 4.79 Å². The van der Waals surface area contributed by atoms with Crippen LogP contribution in [0, 0.1) is 5.92 Å². The molecule has 1 N–H and O–H groups in total. The molecule has 7 nitrogen and oxygen atoms in total. The van der Waals surface area contributed by atoms with Crippen LogP contribution in [0.4, 0.5) is 0 Å². The SMILES string of the molecule is CCc1nccn1CC(C)C(=O)N1CCc2nc(C3CCCNC3)ncc2C1. The molecule has 2 aliphatic heterocycles. The van der Waals surface area contributed by atoms with E-state index in [0.29, 0.717) is 19.0 Å². The Morgan fingerprint density at radius 1 is 1.39 bits per heavy atom. The molecule has 28 heavy (non-hydrogen) atoms. The number of carbonyl (C=O) groups excluding carboxylic acids is 1. The second kappa shape index (κ2) is 8.39. The number of aromatic nitrogens is 4. The maximum Gasteiger partial charge on any atom is 0.227 e. The van der Waals surface area contributed by atoms with Crippen molar-refractivity contribution in [2.45, 2.75) is 58.5 Å². The van der Waals surface area contributed by atoms with Gasteiger partial charge in [-0.2, -0.15) is 0 Å². The molecule has 0 saturated carbocycles. The van der Waals surface area contributed by atoms with Crippen molar-refractivity contribution in [3.8, 4) is 0 Å². The highest BCUT2D eigenvalue weighted by atomic mass is 16.2. The van der Waals surface area contributed by atoms with Crippen molar-refractivity contribution in [1.82, 2.24) is 29.7 Å². The summed E-state index contributed by atoms with van der Waals surface area (Å²) < 4.78 is 2.09. The molecule has 2 aromatic rings. The van der Waals surface area contributed by atoms with Crippen LogP contribution < -0.4 is 5.32 Å². The second-order valence-corrected chi connectivity index (χ2v) is 8.00. The summed E-state index contributed by atoms with van der Waals surface area (Å²) in [4.78, 5) is 28.8. The predicted octanol–water partition coefficient (Wildman–Crippen LogP) is 1.92. The summed E-state index contributed by atoms with van der Waals surface area (Å²) in [6.07, 6.45) is 9.74. The lowest BCUT2D eigenvalue weighted by molar-refractivity contribution is -0.136. The number of piperidine rings is 1. The van der Waals surface area contributed by atoms with Crippen LogP contribution in [-0.4, -0.2) is 50.0 Å². The molecular formula is C21H30N6O. The first-order valence-corrected chi connectivity index (χ1v) is 10.5. The molecule has 0 aromatic carbocycles. The van der Waals surface area contributed by atoms with E-state index in [0.717, 1.165) is 61.8 Å². The molecule has 2 aromatic heterocycles. The number of rotatable bonds is 5. The van der Waals surface area contributed by atoms with Gasteiger partial charge in [-0.25, -0.2) is 15.0 Å². The molecule has 0 spiro atoms. The number of imidazole rings is 1. The van der Waals surface area contributed by atoms with Crippen LogP contribution in [0.25, 0.3) is 0 Å². The third-order valence-electron chi connectivity index (χ3n) is 5.94. The standard InChI is InChI=1S/C21H30N6O/c1-3-19-23-8-10-26(19)13-15(2)21(28)27-9-6-18-17(14-27)12-24-20(25-18)16-5-4-7-22-11-16/h8,10,12,15-16,22H,3-7,9,11,13-14H2,1-2H3. The minimum Gasteiger partial charge on any atom is -0.338 e. The third kappa shape index (κ3) is 3.94. The van der Waals surface area contributed by atoms with Crippen LogP contribution in [-0.2, 0) is 30.7 Å². The summed E-state index contributed by atoms with van der Waals surface area (Å²) in [7, 11) is 0. The molecule has 2 unspecified atom stereocenters. The molecule has 2 atom stereocenters. The van der Waals surface area contributed by atoms with Crippen LogP contribution in [0.2, 0.25) is 0 Å². The summed E-state index contributed by atoms with van der Waals surface area (Å²) in [6, 6.07) is 0. The number of carbonyl (C=O) groups is 1. The summed E-state index contributed by atoms with van der Waals surface area (Å²) >= 11 is 0. The Morgan fingerprint density at radius 3 is 3.07 bits per heavy atom. The Kier molecular flexibility index (Phi) is 5.71. The monoisotopic (exact) mass is 382 g/mol. The molecule has 1 saturated heterocycles. The maximum absolute atomic E-state index is 13.0. The zero-order chi connectivity index (χ0) is 19.5. The average molecular weight is 383 g/mol. The summed E-state index contributed by atoms with van der Waals surface area (Å²) in [6.45, 7) is 8.18. The van der Waals surface area contributed by atoms with Crippen molar-refractivity contribution in [2.75, 3.05) is 19.6 Å². The van der Waals surface area contributed by atoms with E-state index in [2.05, 4.69) is 26.8 Å². The zero-order valence-electron chi connectivity index (χ0n) is 16.9. The molecule has 2 aliphatic rings. The van der Waals surface area contributed by atoms with Gasteiger partial charge in [-0.3, -0.25) is 4.79 Å². The summed E-state index contributed by atoms with van der Waals surface area (Å²) in [5.74, 6) is 2.53. The van der Waals surface area contributed by atoms with Crippen LogP contribution in [0.1, 0.15) is 55.5 Å². The van der Waals surface area contributed by atoms with Gasteiger partial charge in [0.2, 0.25) is 5.91 Å². The first-order valence-electron chi connectivity index (χ1n) is 10.5. The largest absolute Gasteiger partial charge is 0.338 e. The van der Waals surface area contributed by atoms with E-state index in [4.69, 9.17) is 4.98 Å². The first kappa shape index (κ1) is 19.1. The van der Waals surface area contributed by atoms with Gasteiger partial charge in [0.1, 0.15) is 11.6 Å². The molecule has 1 amide bonds. The fraction of sp³-hybridized carbons (Fsp3) is 0.619. The number of nitrogens with zero attached hydrogens (tertiary/aromatic N) is 5. The topological polar surface area (TPSA) is 75.9 Å². The normalized spacial score (nSPS) is 20.6. The van der Waals surface area contributed by atoms with Gasteiger partial charge in [-0.05, 0) is 19.4 Å². The van der Waals surface area contributed by atoms with Gasteiger partial charge in [0.25, 0.3) is 0 Å². The molecule has 0 aliphatic carbocycles. The van der Waals surface area contributed by atoms with E-state index in [9.17, 15) is 4.79 Å². The molecule has 0 bridgehead atoms. The number of amides is 1. The second-order valence-electron chi connectivity index (χ2n) is 8.00. The highest BCUT2D eigenvalue weighted by molar-refractivity contribution is 5.78. The zero-order valence-corrected chi connectivity index (χ0v) is 16.9. The molecular weight excluding hydrogens is 352 g/mol. The van der Waals surface area contributed by atoms with Gasteiger partial charge in [-0.15, -0.1) is 0 Å². The number of hydrogen-bond donors (Lipinski definition) is 1. The van der Waals surface area contributed by atoms with Gasteiger partial charge < -0.3 is 14.8 Å². The van der Waals surface area contributed by atoms with E-state index in [1.165, 1.54) is 6.42 Å².